The molecule has 0 unspecified atom stereocenters. The molecule has 1 aromatic carbocycles. The lowest BCUT2D eigenvalue weighted by Gasteiger charge is -2.17. The lowest BCUT2D eigenvalue weighted by molar-refractivity contribution is -0.142. The molecule has 8 heteroatoms. The molecule has 0 bridgehead atoms. The van der Waals surface area contributed by atoms with Crippen LogP contribution in [0.5, 0.6) is 0 Å². The minimum Gasteiger partial charge on any atom is -0.324 e. The summed E-state index contributed by atoms with van der Waals surface area (Å²) in [5.41, 5.74) is 0.440. The molecule has 0 saturated carbocycles. The number of imide groups is 1. The van der Waals surface area contributed by atoms with Gasteiger partial charge in [-0.1, -0.05) is 40.9 Å². The van der Waals surface area contributed by atoms with E-state index in [9.17, 15) is 14.4 Å². The number of halogens is 3. The molecule has 0 spiro atoms. The summed E-state index contributed by atoms with van der Waals surface area (Å²) in [7, 11) is 0. The first-order valence-electron chi connectivity index (χ1n) is 7.31. The summed E-state index contributed by atoms with van der Waals surface area (Å²) in [6.45, 7) is -0.331. The van der Waals surface area contributed by atoms with E-state index in [1.165, 1.54) is 6.07 Å². The highest BCUT2D eigenvalue weighted by Crippen LogP contribution is 2.38. The molecule has 3 rings (SSSR count). The molecule has 1 aromatic rings. The molecule has 2 atom stereocenters. The van der Waals surface area contributed by atoms with Crippen molar-refractivity contribution in [2.24, 2.45) is 11.8 Å². The number of hydrogen-bond donors (Lipinski definition) is 1. The number of allylic oxidation sites excluding steroid dienone is 2. The molecule has 5 nitrogen and oxygen atoms in total. The number of carbonyl (C=O) groups is 3. The highest BCUT2D eigenvalue weighted by molar-refractivity contribution is 6.42. The Labute approximate surface area is 153 Å². The van der Waals surface area contributed by atoms with Crippen molar-refractivity contribution in [3.05, 3.63) is 39.4 Å². The van der Waals surface area contributed by atoms with Gasteiger partial charge < -0.3 is 5.32 Å². The van der Waals surface area contributed by atoms with Gasteiger partial charge >= 0.3 is 0 Å². The first-order chi connectivity index (χ1) is 11.4. The topological polar surface area (TPSA) is 66.5 Å². The van der Waals surface area contributed by atoms with Crippen LogP contribution < -0.4 is 5.32 Å². The Balaban J connectivity index is 1.67. The van der Waals surface area contributed by atoms with Crippen LogP contribution in [0.15, 0.2) is 29.3 Å². The van der Waals surface area contributed by atoms with Gasteiger partial charge in [-0.2, -0.15) is 0 Å². The predicted molar refractivity (Wildman–Crippen MR) is 92.0 cm³/mol. The van der Waals surface area contributed by atoms with Crippen LogP contribution in [0.4, 0.5) is 5.69 Å². The number of amides is 3. The van der Waals surface area contributed by atoms with Crippen LogP contribution in [-0.4, -0.2) is 29.2 Å². The summed E-state index contributed by atoms with van der Waals surface area (Å²) in [6.07, 6.45) is 2.54. The van der Waals surface area contributed by atoms with Crippen LogP contribution in [0.2, 0.25) is 10.0 Å². The van der Waals surface area contributed by atoms with Gasteiger partial charge in [0, 0.05) is 10.7 Å². The fraction of sp³-hybridized carbons (Fsp3) is 0.312. The van der Waals surface area contributed by atoms with Crippen LogP contribution in [-0.2, 0) is 14.4 Å². The molecule has 1 N–H and O–H groups in total. The summed E-state index contributed by atoms with van der Waals surface area (Å²) in [4.78, 5) is 37.9. The zero-order chi connectivity index (χ0) is 17.4. The zero-order valence-corrected chi connectivity index (χ0v) is 14.7. The Hall–Kier alpha value is -1.56. The summed E-state index contributed by atoms with van der Waals surface area (Å²) < 4.78 is 0. The quantitative estimate of drug-likeness (QED) is 0.808. The van der Waals surface area contributed by atoms with Crippen molar-refractivity contribution in [1.29, 1.82) is 0 Å². The minimum absolute atomic E-state index is 0.300. The molecular formula is C16H13Cl3N2O3. The Morgan fingerprint density at radius 3 is 2.54 bits per heavy atom. The first kappa shape index (κ1) is 17.3. The second-order valence-corrected chi connectivity index (χ2v) is 7.04. The fourth-order valence-electron chi connectivity index (χ4n) is 2.97. The SMILES string of the molecule is O=C(CN1C(=O)[C@@H]2CC=C(Cl)C[C@H]2C1=O)Nc1ccc(Cl)c(Cl)c1. The van der Waals surface area contributed by atoms with Crippen molar-refractivity contribution in [2.75, 3.05) is 11.9 Å². The number of nitrogens with zero attached hydrogens (tertiary/aromatic N) is 1. The molecule has 1 aliphatic carbocycles. The first-order valence-corrected chi connectivity index (χ1v) is 8.45. The number of fused-ring (bicyclic) bond motifs is 1. The highest BCUT2D eigenvalue weighted by atomic mass is 35.5. The molecule has 1 fully saturated rings. The Morgan fingerprint density at radius 1 is 1.12 bits per heavy atom. The van der Waals surface area contributed by atoms with Crippen molar-refractivity contribution >= 4 is 58.2 Å². The normalized spacial score (nSPS) is 23.1. The van der Waals surface area contributed by atoms with Crippen LogP contribution in [0.3, 0.4) is 0 Å². The summed E-state index contributed by atoms with van der Waals surface area (Å²) in [6, 6.07) is 4.63. The number of benzene rings is 1. The van der Waals surface area contributed by atoms with Gasteiger partial charge in [0.25, 0.3) is 0 Å². The van der Waals surface area contributed by atoms with E-state index in [4.69, 9.17) is 34.8 Å². The van der Waals surface area contributed by atoms with Crippen LogP contribution in [0.1, 0.15) is 12.8 Å². The standard InChI is InChI=1S/C16H13Cl3N2O3/c17-8-1-3-10-11(5-8)16(24)21(15(10)23)7-14(22)20-9-2-4-12(18)13(19)6-9/h1-2,4,6,10-11H,3,5,7H2,(H,20,22)/t10-,11-/m1/s1. The molecule has 3 amide bonds. The third kappa shape index (κ3) is 3.29. The zero-order valence-electron chi connectivity index (χ0n) is 12.4. The van der Waals surface area contributed by atoms with Crippen LogP contribution >= 0.6 is 34.8 Å². The third-order valence-corrected chi connectivity index (χ3v) is 5.21. The van der Waals surface area contributed by atoms with Gasteiger partial charge in [-0.05, 0) is 31.0 Å². The number of anilines is 1. The maximum Gasteiger partial charge on any atom is 0.244 e. The van der Waals surface area contributed by atoms with E-state index in [2.05, 4.69) is 5.32 Å². The number of carbonyl (C=O) groups excluding carboxylic acids is 3. The largest absolute Gasteiger partial charge is 0.324 e. The van der Waals surface area contributed by atoms with E-state index in [1.54, 1.807) is 18.2 Å². The van der Waals surface area contributed by atoms with Crippen molar-refractivity contribution in [2.45, 2.75) is 12.8 Å². The third-order valence-electron chi connectivity index (χ3n) is 4.17. The van der Waals surface area contributed by atoms with E-state index in [0.29, 0.717) is 33.6 Å². The maximum atomic E-state index is 12.4. The summed E-state index contributed by atoms with van der Waals surface area (Å²) in [5.74, 6) is -2.03. The van der Waals surface area contributed by atoms with Gasteiger partial charge in [0.1, 0.15) is 6.54 Å². The number of nitrogens with one attached hydrogen (secondary N) is 1. The fourth-order valence-corrected chi connectivity index (χ4v) is 3.52. The summed E-state index contributed by atoms with van der Waals surface area (Å²) >= 11 is 17.7. The smallest absolute Gasteiger partial charge is 0.244 e. The van der Waals surface area contributed by atoms with Crippen LogP contribution in [0, 0.1) is 11.8 Å². The van der Waals surface area contributed by atoms with Gasteiger partial charge in [-0.25, -0.2) is 0 Å². The van der Waals surface area contributed by atoms with Crippen molar-refractivity contribution in [1.82, 2.24) is 4.90 Å². The van der Waals surface area contributed by atoms with Gasteiger partial charge in [-0.15, -0.1) is 0 Å². The van der Waals surface area contributed by atoms with Gasteiger partial charge in [0.05, 0.1) is 21.9 Å². The minimum atomic E-state index is -0.479. The number of rotatable bonds is 3. The van der Waals surface area contributed by atoms with E-state index in [0.717, 1.165) is 4.90 Å². The Morgan fingerprint density at radius 2 is 1.83 bits per heavy atom. The molecule has 2 aliphatic rings. The molecule has 1 saturated heterocycles. The molecular weight excluding hydrogens is 375 g/mol. The van der Waals surface area contributed by atoms with E-state index in [-0.39, 0.29) is 18.4 Å². The molecule has 24 heavy (non-hydrogen) atoms. The summed E-state index contributed by atoms with van der Waals surface area (Å²) in [5, 5.41) is 3.85. The molecule has 0 aromatic heterocycles. The second-order valence-electron chi connectivity index (χ2n) is 5.74. The molecule has 1 heterocycles. The average Bonchev–Trinajstić information content (AvgIpc) is 2.75. The predicted octanol–water partition coefficient (Wildman–Crippen LogP) is 3.45. The second kappa shape index (κ2) is 6.75. The monoisotopic (exact) mass is 386 g/mol. The Kier molecular flexibility index (Phi) is 4.85. The van der Waals surface area contributed by atoms with Gasteiger partial charge in [0.2, 0.25) is 17.7 Å². The van der Waals surface area contributed by atoms with E-state index in [1.807, 2.05) is 0 Å². The Bertz CT molecular complexity index is 763. The molecule has 1 aliphatic heterocycles. The van der Waals surface area contributed by atoms with Crippen molar-refractivity contribution in [3.63, 3.8) is 0 Å². The van der Waals surface area contributed by atoms with Crippen molar-refractivity contribution in [3.8, 4) is 0 Å². The molecule has 0 radical (unpaired) electrons. The van der Waals surface area contributed by atoms with E-state index >= 15 is 0 Å². The highest BCUT2D eigenvalue weighted by Gasteiger charge is 2.48. The lowest BCUT2D eigenvalue weighted by Crippen LogP contribution is -2.38. The van der Waals surface area contributed by atoms with E-state index < -0.39 is 17.7 Å². The average molecular weight is 388 g/mol. The van der Waals surface area contributed by atoms with Gasteiger partial charge in [-0.3, -0.25) is 19.3 Å². The number of likely N-dealkylation sites (tertiary alicyclic amines) is 1. The maximum absolute atomic E-state index is 12.4. The van der Waals surface area contributed by atoms with Crippen molar-refractivity contribution < 1.29 is 14.4 Å². The number of hydrogen-bond acceptors (Lipinski definition) is 3. The van der Waals surface area contributed by atoms with Gasteiger partial charge in [0.15, 0.2) is 0 Å². The lowest BCUT2D eigenvalue weighted by atomic mass is 9.85. The van der Waals surface area contributed by atoms with Crippen LogP contribution in [0.25, 0.3) is 0 Å². The molecule has 126 valence electrons.